The third kappa shape index (κ3) is 3.45. The van der Waals surface area contributed by atoms with E-state index in [0.717, 1.165) is 21.3 Å². The van der Waals surface area contributed by atoms with Gasteiger partial charge in [0.25, 0.3) is 0 Å². The van der Waals surface area contributed by atoms with Gasteiger partial charge in [0.15, 0.2) is 0 Å². The monoisotopic (exact) mass is 355 g/mol. The van der Waals surface area contributed by atoms with E-state index in [1.807, 2.05) is 30.3 Å². The van der Waals surface area contributed by atoms with E-state index < -0.39 is 0 Å². The molecule has 0 aliphatic heterocycles. The molecule has 2 N–H and O–H groups in total. The quantitative estimate of drug-likeness (QED) is 0.875. The predicted octanol–water partition coefficient (Wildman–Crippen LogP) is 4.15. The molecule has 0 unspecified atom stereocenters. The fraction of sp³-hybridized carbons (Fsp3) is 0.200. The van der Waals surface area contributed by atoms with E-state index in [0.29, 0.717) is 23.9 Å². The highest BCUT2D eigenvalue weighted by Gasteiger charge is 2.08. The van der Waals surface area contributed by atoms with Crippen molar-refractivity contribution in [3.63, 3.8) is 0 Å². The summed E-state index contributed by atoms with van der Waals surface area (Å²) in [6, 6.07) is 11.3. The summed E-state index contributed by atoms with van der Waals surface area (Å²) in [6.07, 6.45) is 0. The zero-order valence-corrected chi connectivity index (χ0v) is 13.4. The molecule has 2 aromatic rings. The summed E-state index contributed by atoms with van der Waals surface area (Å²) >= 11 is 9.60. The molecule has 0 saturated carbocycles. The SMILES string of the molecule is COc1ccc(Br)c(COc2cccc(Cl)c2CN)c1. The Hall–Kier alpha value is -1.23. The molecular formula is C15H15BrClNO2. The average molecular weight is 357 g/mol. The van der Waals surface area contributed by atoms with E-state index in [9.17, 15) is 0 Å². The Kier molecular flexibility index (Phi) is 5.29. The maximum absolute atomic E-state index is 6.10. The van der Waals surface area contributed by atoms with Crippen LogP contribution in [-0.4, -0.2) is 7.11 Å². The van der Waals surface area contributed by atoms with Crippen molar-refractivity contribution in [2.75, 3.05) is 7.11 Å². The zero-order valence-electron chi connectivity index (χ0n) is 11.0. The minimum Gasteiger partial charge on any atom is -0.497 e. The smallest absolute Gasteiger partial charge is 0.125 e. The average Bonchev–Trinajstić information content (AvgIpc) is 2.46. The lowest BCUT2D eigenvalue weighted by molar-refractivity contribution is 0.301. The van der Waals surface area contributed by atoms with Crippen molar-refractivity contribution in [1.29, 1.82) is 0 Å². The summed E-state index contributed by atoms with van der Waals surface area (Å²) in [6.45, 7) is 0.749. The molecule has 5 heteroatoms. The van der Waals surface area contributed by atoms with Crippen LogP contribution in [0.15, 0.2) is 40.9 Å². The van der Waals surface area contributed by atoms with Gasteiger partial charge in [-0.1, -0.05) is 33.6 Å². The van der Waals surface area contributed by atoms with E-state index in [1.165, 1.54) is 0 Å². The van der Waals surface area contributed by atoms with Gasteiger partial charge in [0.1, 0.15) is 18.1 Å². The molecule has 0 amide bonds. The first kappa shape index (κ1) is 15.2. The second-order valence-electron chi connectivity index (χ2n) is 4.17. The Morgan fingerprint density at radius 1 is 1.25 bits per heavy atom. The molecule has 0 aliphatic carbocycles. The van der Waals surface area contributed by atoms with Gasteiger partial charge < -0.3 is 15.2 Å². The van der Waals surface area contributed by atoms with Gasteiger partial charge in [-0.05, 0) is 30.3 Å². The van der Waals surface area contributed by atoms with E-state index in [-0.39, 0.29) is 0 Å². The first-order valence-electron chi connectivity index (χ1n) is 6.08. The van der Waals surface area contributed by atoms with Crippen LogP contribution >= 0.6 is 27.5 Å². The normalized spacial score (nSPS) is 10.4. The molecule has 0 heterocycles. The lowest BCUT2D eigenvalue weighted by Crippen LogP contribution is -2.04. The number of rotatable bonds is 5. The van der Waals surface area contributed by atoms with Crippen molar-refractivity contribution in [2.24, 2.45) is 5.73 Å². The number of methoxy groups -OCH3 is 1. The number of hydrogen-bond donors (Lipinski definition) is 1. The molecular weight excluding hydrogens is 342 g/mol. The number of halogens is 2. The van der Waals surface area contributed by atoms with Gasteiger partial charge in [-0.15, -0.1) is 0 Å². The molecule has 0 saturated heterocycles. The van der Waals surface area contributed by atoms with Crippen molar-refractivity contribution < 1.29 is 9.47 Å². The minimum atomic E-state index is 0.342. The van der Waals surface area contributed by atoms with Gasteiger partial charge in [-0.25, -0.2) is 0 Å². The van der Waals surface area contributed by atoms with E-state index in [4.69, 9.17) is 26.8 Å². The number of hydrogen-bond acceptors (Lipinski definition) is 3. The summed E-state index contributed by atoms with van der Waals surface area (Å²) in [4.78, 5) is 0. The number of benzene rings is 2. The molecule has 0 spiro atoms. The van der Waals surface area contributed by atoms with Gasteiger partial charge in [-0.2, -0.15) is 0 Å². The molecule has 106 valence electrons. The molecule has 2 rings (SSSR count). The molecule has 3 nitrogen and oxygen atoms in total. The first-order chi connectivity index (χ1) is 9.65. The highest BCUT2D eigenvalue weighted by Crippen LogP contribution is 2.28. The Morgan fingerprint density at radius 3 is 2.75 bits per heavy atom. The van der Waals surface area contributed by atoms with Crippen LogP contribution in [0.25, 0.3) is 0 Å². The second-order valence-corrected chi connectivity index (χ2v) is 5.43. The lowest BCUT2D eigenvalue weighted by Gasteiger charge is -2.13. The van der Waals surface area contributed by atoms with E-state index >= 15 is 0 Å². The fourth-order valence-corrected chi connectivity index (χ4v) is 2.42. The van der Waals surface area contributed by atoms with Crippen LogP contribution in [0.4, 0.5) is 0 Å². The number of ether oxygens (including phenoxy) is 2. The fourth-order valence-electron chi connectivity index (χ4n) is 1.82. The lowest BCUT2D eigenvalue weighted by atomic mass is 10.2. The Morgan fingerprint density at radius 2 is 2.05 bits per heavy atom. The summed E-state index contributed by atoms with van der Waals surface area (Å²) in [5.41, 5.74) is 7.51. The van der Waals surface area contributed by atoms with E-state index in [1.54, 1.807) is 13.2 Å². The van der Waals surface area contributed by atoms with Crippen LogP contribution in [0.5, 0.6) is 11.5 Å². The van der Waals surface area contributed by atoms with Crippen molar-refractivity contribution in [1.82, 2.24) is 0 Å². The Balaban J connectivity index is 2.19. The molecule has 0 aliphatic rings. The van der Waals surface area contributed by atoms with Crippen LogP contribution in [0, 0.1) is 0 Å². The van der Waals surface area contributed by atoms with Crippen LogP contribution in [0.1, 0.15) is 11.1 Å². The topological polar surface area (TPSA) is 44.5 Å². The standard InChI is InChI=1S/C15H15BrClNO2/c1-19-11-5-6-13(16)10(7-11)9-20-15-4-2-3-14(17)12(15)8-18/h2-7H,8-9,18H2,1H3. The third-order valence-corrected chi connectivity index (χ3v) is 4.04. The van der Waals surface area contributed by atoms with Crippen molar-refractivity contribution >= 4 is 27.5 Å². The first-order valence-corrected chi connectivity index (χ1v) is 7.25. The zero-order chi connectivity index (χ0) is 14.5. The highest BCUT2D eigenvalue weighted by molar-refractivity contribution is 9.10. The largest absolute Gasteiger partial charge is 0.497 e. The second kappa shape index (κ2) is 6.97. The molecule has 2 aromatic carbocycles. The van der Waals surface area contributed by atoms with Crippen molar-refractivity contribution in [3.05, 3.63) is 57.0 Å². The molecule has 0 fully saturated rings. The van der Waals surface area contributed by atoms with Crippen molar-refractivity contribution in [2.45, 2.75) is 13.2 Å². The molecule has 0 bridgehead atoms. The van der Waals surface area contributed by atoms with Crippen LogP contribution in [0.3, 0.4) is 0 Å². The van der Waals surface area contributed by atoms with Crippen LogP contribution in [-0.2, 0) is 13.2 Å². The molecule has 0 atom stereocenters. The number of nitrogens with two attached hydrogens (primary N) is 1. The highest BCUT2D eigenvalue weighted by atomic mass is 79.9. The summed E-state index contributed by atoms with van der Waals surface area (Å²) in [5, 5.41) is 0.620. The third-order valence-electron chi connectivity index (χ3n) is 2.92. The van der Waals surface area contributed by atoms with Gasteiger partial charge in [0.05, 0.1) is 7.11 Å². The summed E-state index contributed by atoms with van der Waals surface area (Å²) in [5.74, 6) is 1.49. The van der Waals surface area contributed by atoms with Crippen LogP contribution in [0.2, 0.25) is 5.02 Å². The maximum atomic E-state index is 6.10. The van der Waals surface area contributed by atoms with Crippen molar-refractivity contribution in [3.8, 4) is 11.5 Å². The van der Waals surface area contributed by atoms with Gasteiger partial charge in [0.2, 0.25) is 0 Å². The van der Waals surface area contributed by atoms with Crippen LogP contribution < -0.4 is 15.2 Å². The van der Waals surface area contributed by atoms with E-state index in [2.05, 4.69) is 15.9 Å². The summed E-state index contributed by atoms with van der Waals surface area (Å²) < 4.78 is 12.0. The molecule has 0 radical (unpaired) electrons. The van der Waals surface area contributed by atoms with Gasteiger partial charge >= 0.3 is 0 Å². The molecule has 20 heavy (non-hydrogen) atoms. The predicted molar refractivity (Wildman–Crippen MR) is 84.4 cm³/mol. The Bertz CT molecular complexity index is 604. The minimum absolute atomic E-state index is 0.342. The summed E-state index contributed by atoms with van der Waals surface area (Å²) in [7, 11) is 1.64. The van der Waals surface area contributed by atoms with Gasteiger partial charge in [0, 0.05) is 27.2 Å². The maximum Gasteiger partial charge on any atom is 0.125 e. The molecule has 0 aromatic heterocycles. The Labute approximate surface area is 131 Å². The van der Waals surface area contributed by atoms with Gasteiger partial charge in [-0.3, -0.25) is 0 Å².